The molecule has 0 spiro atoms. The van der Waals surface area contributed by atoms with Crippen LogP contribution in [-0.2, 0) is 11.3 Å². The van der Waals surface area contributed by atoms with Crippen LogP contribution >= 0.6 is 0 Å². The predicted octanol–water partition coefficient (Wildman–Crippen LogP) is 2.92. The summed E-state index contributed by atoms with van der Waals surface area (Å²) in [6.45, 7) is 0.930. The number of rotatable bonds is 7. The van der Waals surface area contributed by atoms with Gasteiger partial charge in [0.1, 0.15) is 0 Å². The van der Waals surface area contributed by atoms with E-state index in [0.29, 0.717) is 24.7 Å². The summed E-state index contributed by atoms with van der Waals surface area (Å²) in [6, 6.07) is 15.7. The second-order valence-electron chi connectivity index (χ2n) is 4.64. The second-order valence-corrected chi connectivity index (χ2v) is 4.64. The van der Waals surface area contributed by atoms with Gasteiger partial charge in [0.25, 0.3) is 0 Å². The molecule has 21 heavy (non-hydrogen) atoms. The Kier molecular flexibility index (Phi) is 5.60. The lowest BCUT2D eigenvalue weighted by Gasteiger charge is -2.18. The van der Waals surface area contributed by atoms with Crippen molar-refractivity contribution < 1.29 is 14.2 Å². The quantitative estimate of drug-likeness (QED) is 0.850. The van der Waals surface area contributed by atoms with Gasteiger partial charge in [-0.3, -0.25) is 0 Å². The van der Waals surface area contributed by atoms with Crippen LogP contribution in [0.2, 0.25) is 0 Å². The standard InChI is InChI=1S/C17H21NO3/c1-19-15-9-8-14(10-16(15)20-2)17(11-18)21-12-13-6-4-3-5-7-13/h3-10,17H,11-12,18H2,1-2H3/t17-/m0/s1. The third-order valence-electron chi connectivity index (χ3n) is 3.29. The third-order valence-corrected chi connectivity index (χ3v) is 3.29. The Hall–Kier alpha value is -2.04. The molecule has 1 atom stereocenters. The molecule has 112 valence electrons. The highest BCUT2D eigenvalue weighted by Gasteiger charge is 2.13. The fraction of sp³-hybridized carbons (Fsp3) is 0.294. The summed E-state index contributed by atoms with van der Waals surface area (Å²) in [5, 5.41) is 0. The highest BCUT2D eigenvalue weighted by Crippen LogP contribution is 2.31. The van der Waals surface area contributed by atoms with Crippen LogP contribution in [0.3, 0.4) is 0 Å². The number of nitrogens with two attached hydrogens (primary N) is 1. The van der Waals surface area contributed by atoms with Gasteiger partial charge in [0.15, 0.2) is 11.5 Å². The van der Waals surface area contributed by atoms with E-state index in [-0.39, 0.29) is 6.10 Å². The van der Waals surface area contributed by atoms with E-state index in [4.69, 9.17) is 19.9 Å². The Balaban J connectivity index is 2.10. The van der Waals surface area contributed by atoms with Crippen LogP contribution in [0.1, 0.15) is 17.2 Å². The Morgan fingerprint density at radius 3 is 2.29 bits per heavy atom. The normalized spacial score (nSPS) is 12.0. The van der Waals surface area contributed by atoms with Gasteiger partial charge in [-0.2, -0.15) is 0 Å². The minimum absolute atomic E-state index is 0.176. The zero-order valence-corrected chi connectivity index (χ0v) is 12.4. The molecule has 2 N–H and O–H groups in total. The smallest absolute Gasteiger partial charge is 0.161 e. The molecule has 0 saturated heterocycles. The lowest BCUT2D eigenvalue weighted by atomic mass is 10.1. The molecular weight excluding hydrogens is 266 g/mol. The van der Waals surface area contributed by atoms with E-state index in [2.05, 4.69) is 0 Å². The largest absolute Gasteiger partial charge is 0.493 e. The molecule has 0 saturated carbocycles. The van der Waals surface area contributed by atoms with Gasteiger partial charge in [0.2, 0.25) is 0 Å². The van der Waals surface area contributed by atoms with Crippen molar-refractivity contribution >= 4 is 0 Å². The number of hydrogen-bond donors (Lipinski definition) is 1. The Labute approximate surface area is 125 Å². The molecular formula is C17H21NO3. The summed E-state index contributed by atoms with van der Waals surface area (Å²) < 4.78 is 16.5. The van der Waals surface area contributed by atoms with Crippen molar-refractivity contribution in [2.75, 3.05) is 20.8 Å². The van der Waals surface area contributed by atoms with Crippen molar-refractivity contribution in [3.8, 4) is 11.5 Å². The molecule has 0 unspecified atom stereocenters. The third kappa shape index (κ3) is 3.97. The van der Waals surface area contributed by atoms with Crippen molar-refractivity contribution in [3.63, 3.8) is 0 Å². The first-order chi connectivity index (χ1) is 10.3. The molecule has 0 amide bonds. The molecule has 4 nitrogen and oxygen atoms in total. The predicted molar refractivity (Wildman–Crippen MR) is 82.6 cm³/mol. The van der Waals surface area contributed by atoms with Crippen LogP contribution in [0.25, 0.3) is 0 Å². The van der Waals surface area contributed by atoms with E-state index in [1.807, 2.05) is 48.5 Å². The minimum Gasteiger partial charge on any atom is -0.493 e. The van der Waals surface area contributed by atoms with Gasteiger partial charge in [0, 0.05) is 6.54 Å². The lowest BCUT2D eigenvalue weighted by molar-refractivity contribution is 0.0455. The minimum atomic E-state index is -0.176. The molecule has 0 aliphatic heterocycles. The highest BCUT2D eigenvalue weighted by atomic mass is 16.5. The monoisotopic (exact) mass is 287 g/mol. The number of ether oxygens (including phenoxy) is 3. The molecule has 2 rings (SSSR count). The topological polar surface area (TPSA) is 53.7 Å². The summed E-state index contributed by atoms with van der Waals surface area (Å²) in [5.41, 5.74) is 7.93. The summed E-state index contributed by atoms with van der Waals surface area (Å²) in [6.07, 6.45) is -0.176. The van der Waals surface area contributed by atoms with Crippen molar-refractivity contribution in [1.29, 1.82) is 0 Å². The van der Waals surface area contributed by atoms with Crippen molar-refractivity contribution in [2.45, 2.75) is 12.7 Å². The van der Waals surface area contributed by atoms with E-state index in [1.54, 1.807) is 14.2 Å². The van der Waals surface area contributed by atoms with Crippen LogP contribution in [0, 0.1) is 0 Å². The second kappa shape index (κ2) is 7.67. The van der Waals surface area contributed by atoms with Crippen LogP contribution < -0.4 is 15.2 Å². The first-order valence-corrected chi connectivity index (χ1v) is 6.86. The van der Waals surface area contributed by atoms with Gasteiger partial charge in [-0.25, -0.2) is 0 Å². The first-order valence-electron chi connectivity index (χ1n) is 6.86. The molecule has 0 fully saturated rings. The molecule has 0 bridgehead atoms. The first kappa shape index (κ1) is 15.4. The van der Waals surface area contributed by atoms with E-state index in [9.17, 15) is 0 Å². The Morgan fingerprint density at radius 1 is 0.952 bits per heavy atom. The molecule has 2 aromatic rings. The van der Waals surface area contributed by atoms with Gasteiger partial charge < -0.3 is 19.9 Å². The highest BCUT2D eigenvalue weighted by molar-refractivity contribution is 5.43. The van der Waals surface area contributed by atoms with Crippen LogP contribution in [0.4, 0.5) is 0 Å². The van der Waals surface area contributed by atoms with Gasteiger partial charge in [-0.05, 0) is 23.3 Å². The van der Waals surface area contributed by atoms with E-state index in [1.165, 1.54) is 0 Å². The SMILES string of the molecule is COc1ccc([C@H](CN)OCc2ccccc2)cc1OC. The number of benzene rings is 2. The molecule has 4 heteroatoms. The van der Waals surface area contributed by atoms with Gasteiger partial charge >= 0.3 is 0 Å². The van der Waals surface area contributed by atoms with Gasteiger partial charge in [0.05, 0.1) is 26.9 Å². The summed E-state index contributed by atoms with van der Waals surface area (Å²) in [7, 11) is 3.23. The zero-order valence-electron chi connectivity index (χ0n) is 12.4. The van der Waals surface area contributed by atoms with E-state index >= 15 is 0 Å². The summed E-state index contributed by atoms with van der Waals surface area (Å²) in [5.74, 6) is 1.37. The maximum absolute atomic E-state index is 5.92. The number of methoxy groups -OCH3 is 2. The number of hydrogen-bond acceptors (Lipinski definition) is 4. The Bertz CT molecular complexity index is 557. The molecule has 0 heterocycles. The lowest BCUT2D eigenvalue weighted by Crippen LogP contribution is -2.16. The van der Waals surface area contributed by atoms with E-state index in [0.717, 1.165) is 11.1 Å². The molecule has 0 aliphatic rings. The van der Waals surface area contributed by atoms with Gasteiger partial charge in [-0.1, -0.05) is 36.4 Å². The van der Waals surface area contributed by atoms with Crippen molar-refractivity contribution in [3.05, 3.63) is 59.7 Å². The zero-order chi connectivity index (χ0) is 15.1. The van der Waals surface area contributed by atoms with E-state index < -0.39 is 0 Å². The molecule has 0 radical (unpaired) electrons. The van der Waals surface area contributed by atoms with Crippen LogP contribution in [0.15, 0.2) is 48.5 Å². The maximum atomic E-state index is 5.92. The summed E-state index contributed by atoms with van der Waals surface area (Å²) in [4.78, 5) is 0. The maximum Gasteiger partial charge on any atom is 0.161 e. The van der Waals surface area contributed by atoms with Gasteiger partial charge in [-0.15, -0.1) is 0 Å². The molecule has 0 aromatic heterocycles. The summed E-state index contributed by atoms with van der Waals surface area (Å²) >= 11 is 0. The average Bonchev–Trinajstić information content (AvgIpc) is 2.56. The average molecular weight is 287 g/mol. The van der Waals surface area contributed by atoms with Crippen molar-refractivity contribution in [2.24, 2.45) is 5.73 Å². The molecule has 0 aliphatic carbocycles. The fourth-order valence-corrected chi connectivity index (χ4v) is 2.12. The molecule has 2 aromatic carbocycles. The van der Waals surface area contributed by atoms with Crippen molar-refractivity contribution in [1.82, 2.24) is 0 Å². The van der Waals surface area contributed by atoms with Crippen LogP contribution in [0.5, 0.6) is 11.5 Å². The Morgan fingerprint density at radius 2 is 1.67 bits per heavy atom. The fourth-order valence-electron chi connectivity index (χ4n) is 2.12. The van der Waals surface area contributed by atoms with Crippen LogP contribution in [-0.4, -0.2) is 20.8 Å².